The maximum absolute atomic E-state index is 12.5. The Labute approximate surface area is 215 Å². The fourth-order valence-electron chi connectivity index (χ4n) is 3.20. The van der Waals surface area contributed by atoms with Gasteiger partial charge >= 0.3 is 7.12 Å². The van der Waals surface area contributed by atoms with Crippen molar-refractivity contribution < 1.29 is 18.5 Å². The molecule has 0 aliphatic carbocycles. The molecular formula is C28H46BNO4Si. The smallest absolute Gasteiger partial charge is 0.416 e. The molecule has 1 amide bonds. The van der Waals surface area contributed by atoms with E-state index in [0.717, 1.165) is 0 Å². The van der Waals surface area contributed by atoms with Gasteiger partial charge in [0.15, 0.2) is 8.32 Å². The zero-order valence-electron chi connectivity index (χ0n) is 23.7. The second-order valence-electron chi connectivity index (χ2n) is 12.8. The third-order valence-electron chi connectivity index (χ3n) is 7.54. The van der Waals surface area contributed by atoms with Gasteiger partial charge in [0.25, 0.3) is 5.91 Å². The molecular weight excluding hydrogens is 453 g/mol. The molecule has 194 valence electrons. The van der Waals surface area contributed by atoms with Gasteiger partial charge < -0.3 is 19.1 Å². The Kier molecular flexibility index (Phi) is 9.08. The van der Waals surface area contributed by atoms with E-state index in [4.69, 9.17) is 13.7 Å². The summed E-state index contributed by atoms with van der Waals surface area (Å²) in [6, 6.07) is 9.17. The molecule has 1 heterocycles. The predicted octanol–water partition coefficient (Wildman–Crippen LogP) is 7.00. The molecule has 1 aliphatic heterocycles. The van der Waals surface area contributed by atoms with Gasteiger partial charge in [-0.3, -0.25) is 4.79 Å². The summed E-state index contributed by atoms with van der Waals surface area (Å²) in [5.74, 6) is -0.333. The highest BCUT2D eigenvalue weighted by Gasteiger charge is 2.53. The molecule has 0 aromatic heterocycles. The summed E-state index contributed by atoms with van der Waals surface area (Å²) in [5, 5.41) is 3.03. The highest BCUT2D eigenvalue weighted by molar-refractivity contribution is 6.74. The maximum Gasteiger partial charge on any atom is 0.469 e. The van der Waals surface area contributed by atoms with E-state index < -0.39 is 26.6 Å². The minimum Gasteiger partial charge on any atom is -0.416 e. The maximum atomic E-state index is 12.5. The zero-order chi connectivity index (χ0) is 26.7. The van der Waals surface area contributed by atoms with Gasteiger partial charge in [0.2, 0.25) is 0 Å². The summed E-state index contributed by atoms with van der Waals surface area (Å²) in [5.41, 5.74) is -0.431. The molecule has 5 nitrogen and oxygen atoms in total. The van der Waals surface area contributed by atoms with Crippen LogP contribution in [0.3, 0.4) is 0 Å². The van der Waals surface area contributed by atoms with Gasteiger partial charge in [0.1, 0.15) is 0 Å². The van der Waals surface area contributed by atoms with E-state index in [-0.39, 0.29) is 22.2 Å². The summed E-state index contributed by atoms with van der Waals surface area (Å²) in [7, 11) is -2.31. The van der Waals surface area contributed by atoms with E-state index in [9.17, 15) is 4.79 Å². The fourth-order valence-corrected chi connectivity index (χ4v) is 4.37. The Morgan fingerprint density at radius 3 is 2.09 bits per heavy atom. The Bertz CT molecular complexity index is 901. The first kappa shape index (κ1) is 29.6. The van der Waals surface area contributed by atoms with Crippen molar-refractivity contribution >= 4 is 21.3 Å². The summed E-state index contributed by atoms with van der Waals surface area (Å²) in [6.07, 6.45) is 7.92. The van der Waals surface area contributed by atoms with Crippen LogP contribution in [0, 0.1) is 5.41 Å². The highest BCUT2D eigenvalue weighted by Crippen LogP contribution is 2.41. The van der Waals surface area contributed by atoms with Crippen LogP contribution >= 0.6 is 0 Å². The third kappa shape index (κ3) is 7.91. The van der Waals surface area contributed by atoms with Crippen molar-refractivity contribution in [2.75, 3.05) is 6.61 Å². The van der Waals surface area contributed by atoms with Crippen LogP contribution in [0.2, 0.25) is 23.9 Å². The number of carbonyl (C=O) groups excluding carboxylic acids is 1. The molecule has 0 radical (unpaired) electrons. The highest BCUT2D eigenvalue weighted by atomic mass is 28.4. The number of hydrogen-bond donors (Lipinski definition) is 1. The Morgan fingerprint density at radius 1 is 1.03 bits per heavy atom. The van der Waals surface area contributed by atoms with Gasteiger partial charge in [-0.25, -0.2) is 0 Å². The quantitative estimate of drug-likeness (QED) is 0.294. The number of hydrogen-bond acceptors (Lipinski definition) is 4. The molecule has 1 N–H and O–H groups in total. The van der Waals surface area contributed by atoms with E-state index in [1.807, 2.05) is 52.0 Å². The molecule has 1 aromatic rings. The van der Waals surface area contributed by atoms with Gasteiger partial charge in [-0.2, -0.15) is 0 Å². The molecule has 0 bridgehead atoms. The van der Waals surface area contributed by atoms with Crippen molar-refractivity contribution in [3.63, 3.8) is 0 Å². The minimum absolute atomic E-state index is 0.151. The van der Waals surface area contributed by atoms with Gasteiger partial charge in [0, 0.05) is 29.6 Å². The van der Waals surface area contributed by atoms with Gasteiger partial charge in [0.05, 0.1) is 11.2 Å². The zero-order valence-corrected chi connectivity index (χ0v) is 24.7. The standard InChI is InChI=1S/C28H46BNO4Si/c1-25(2,3)35(10,11)32-21-26(4,5)19-17-23(29-33-27(6,7)28(8,9)34-29)18-20-30-24(31)22-15-13-12-14-16-22/h12-20,23H,21H2,1-11H3,(H,30,31)/b19-17+,20-18+. The lowest BCUT2D eigenvalue weighted by atomic mass is 9.70. The number of benzene rings is 1. The molecule has 1 unspecified atom stereocenters. The topological polar surface area (TPSA) is 56.8 Å². The van der Waals surface area contributed by atoms with Crippen LogP contribution in [0.4, 0.5) is 0 Å². The molecule has 0 spiro atoms. The fraction of sp³-hybridized carbons (Fsp3) is 0.607. The first-order chi connectivity index (χ1) is 15.9. The van der Waals surface area contributed by atoms with Crippen molar-refractivity contribution in [2.45, 2.75) is 97.5 Å². The van der Waals surface area contributed by atoms with Crippen LogP contribution in [0.5, 0.6) is 0 Å². The summed E-state index contributed by atoms with van der Waals surface area (Å²) in [4.78, 5) is 12.5. The van der Waals surface area contributed by atoms with Crippen molar-refractivity contribution in [2.24, 2.45) is 5.41 Å². The molecule has 2 rings (SSSR count). The van der Waals surface area contributed by atoms with Crippen molar-refractivity contribution in [1.82, 2.24) is 5.32 Å². The SMILES string of the molecule is CC(C)(/C=C/C(/C=C/NC(=O)c1ccccc1)B1OC(C)(C)C(C)(C)O1)CO[Si](C)(C)C(C)(C)C. The molecule has 1 aromatic carbocycles. The average molecular weight is 500 g/mol. The van der Waals surface area contributed by atoms with E-state index in [2.05, 4.69) is 65.2 Å². The second-order valence-corrected chi connectivity index (χ2v) is 17.6. The van der Waals surface area contributed by atoms with Crippen LogP contribution in [0.1, 0.15) is 72.7 Å². The Balaban J connectivity index is 2.19. The first-order valence-electron chi connectivity index (χ1n) is 12.6. The minimum atomic E-state index is -1.85. The molecule has 1 atom stereocenters. The third-order valence-corrected chi connectivity index (χ3v) is 12.0. The second kappa shape index (κ2) is 10.8. The van der Waals surface area contributed by atoms with Crippen LogP contribution in [0.15, 0.2) is 54.8 Å². The first-order valence-corrected chi connectivity index (χ1v) is 15.5. The van der Waals surface area contributed by atoms with Gasteiger partial charge in [-0.15, -0.1) is 0 Å². The summed E-state index contributed by atoms with van der Waals surface area (Å²) >= 11 is 0. The van der Waals surface area contributed by atoms with Crippen LogP contribution in [-0.4, -0.2) is 39.2 Å². The normalized spacial score (nSPS) is 19.5. The lowest BCUT2D eigenvalue weighted by Gasteiger charge is -2.38. The van der Waals surface area contributed by atoms with E-state index in [1.165, 1.54) is 0 Å². The molecule has 1 saturated heterocycles. The Hall–Kier alpha value is -1.67. The Morgan fingerprint density at radius 2 is 1.57 bits per heavy atom. The van der Waals surface area contributed by atoms with Crippen molar-refractivity contribution in [1.29, 1.82) is 0 Å². The molecule has 7 heteroatoms. The monoisotopic (exact) mass is 499 g/mol. The average Bonchev–Trinajstić information content (AvgIpc) is 2.95. The number of carbonyl (C=O) groups is 1. The summed E-state index contributed by atoms with van der Waals surface area (Å²) < 4.78 is 19.2. The molecule has 35 heavy (non-hydrogen) atoms. The van der Waals surface area contributed by atoms with Crippen LogP contribution in [-0.2, 0) is 13.7 Å². The molecule has 0 saturated carbocycles. The van der Waals surface area contributed by atoms with E-state index >= 15 is 0 Å². The molecule has 1 aliphatic rings. The van der Waals surface area contributed by atoms with Gasteiger partial charge in [-0.05, 0) is 58.0 Å². The van der Waals surface area contributed by atoms with Gasteiger partial charge in [-0.1, -0.05) is 71.0 Å². The summed E-state index contributed by atoms with van der Waals surface area (Å²) in [6.45, 7) is 24.5. The van der Waals surface area contributed by atoms with Crippen molar-refractivity contribution in [3.8, 4) is 0 Å². The predicted molar refractivity (Wildman–Crippen MR) is 149 cm³/mol. The van der Waals surface area contributed by atoms with Crippen LogP contribution < -0.4 is 5.32 Å². The van der Waals surface area contributed by atoms with Crippen LogP contribution in [0.25, 0.3) is 0 Å². The largest absolute Gasteiger partial charge is 0.469 e. The molecule has 1 fully saturated rings. The lowest BCUT2D eigenvalue weighted by molar-refractivity contribution is 0.00578. The van der Waals surface area contributed by atoms with Crippen molar-refractivity contribution in [3.05, 3.63) is 60.3 Å². The number of allylic oxidation sites excluding steroid dienone is 2. The van der Waals surface area contributed by atoms with E-state index in [1.54, 1.807) is 18.3 Å². The number of rotatable bonds is 9. The number of nitrogens with one attached hydrogen (secondary N) is 1. The lowest BCUT2D eigenvalue weighted by Crippen LogP contribution is -2.42. The number of amides is 1. The van der Waals surface area contributed by atoms with E-state index in [0.29, 0.717) is 12.2 Å².